The van der Waals surface area contributed by atoms with Crippen LogP contribution in [0.25, 0.3) is 27.7 Å². The maximum Gasteiger partial charge on any atom is 0.266 e. The molecule has 2 N–H and O–H groups in total. The lowest BCUT2D eigenvalue weighted by Crippen LogP contribution is -2.29. The number of nitrogens with one attached hydrogen (secondary N) is 1. The number of aromatic amines is 1. The molecule has 3 heterocycles. The number of nitrogens with zero attached hydrogens (tertiary/aromatic N) is 3. The summed E-state index contributed by atoms with van der Waals surface area (Å²) in [5.74, 6) is -1.15. The molecule has 0 aliphatic heterocycles. The van der Waals surface area contributed by atoms with Gasteiger partial charge in [0.25, 0.3) is 15.7 Å². The van der Waals surface area contributed by atoms with Gasteiger partial charge >= 0.3 is 0 Å². The Bertz CT molecular complexity index is 2310. The highest BCUT2D eigenvalue weighted by atomic mass is 32.2. The molecule has 0 aliphatic rings. The lowest BCUT2D eigenvalue weighted by Gasteiger charge is -2.15. The Hall–Kier alpha value is -5.53. The van der Waals surface area contributed by atoms with Gasteiger partial charge < -0.3 is 4.74 Å². The summed E-state index contributed by atoms with van der Waals surface area (Å²) in [4.78, 5) is 31.2. The van der Waals surface area contributed by atoms with Crippen LogP contribution in [0.5, 0.6) is 11.5 Å². The molecule has 246 valence electrons. The van der Waals surface area contributed by atoms with Gasteiger partial charge in [0.05, 0.1) is 23.5 Å². The van der Waals surface area contributed by atoms with Crippen molar-refractivity contribution in [3.05, 3.63) is 135 Å². The van der Waals surface area contributed by atoms with Gasteiger partial charge in [0.2, 0.25) is 0 Å². The van der Waals surface area contributed by atoms with E-state index in [9.17, 15) is 22.4 Å². The van der Waals surface area contributed by atoms with Crippen molar-refractivity contribution < 1.29 is 31.3 Å². The van der Waals surface area contributed by atoms with Gasteiger partial charge in [-0.15, -0.1) is 0 Å². The zero-order valence-corrected chi connectivity index (χ0v) is 27.1. The molecule has 0 bridgehead atoms. The summed E-state index contributed by atoms with van der Waals surface area (Å²) >= 11 is 0. The van der Waals surface area contributed by atoms with E-state index in [4.69, 9.17) is 9.29 Å². The number of pyridine rings is 2. The van der Waals surface area contributed by atoms with Crippen LogP contribution in [0.15, 0.2) is 90.0 Å². The van der Waals surface area contributed by atoms with Crippen molar-refractivity contribution >= 4 is 26.8 Å². The van der Waals surface area contributed by atoms with Crippen molar-refractivity contribution in [3.8, 4) is 28.3 Å². The highest BCUT2D eigenvalue weighted by Crippen LogP contribution is 2.37. The SMILES string of the molecule is CS(=O)(=O)O.Cc1ccc(-c2cc3[nH]ncc3cc2Oc2ccc(CC(=O)c3c(C)cc(C)n(-c4ccc(F)cc4)c3=O)cc2F)cn1. The third kappa shape index (κ3) is 7.88. The van der Waals surface area contributed by atoms with Crippen LogP contribution >= 0.6 is 0 Å². The fraction of sp³-hybridized carbons (Fsp3) is 0.143. The van der Waals surface area contributed by atoms with Crippen LogP contribution in [0.1, 0.15) is 32.9 Å². The second-order valence-electron chi connectivity index (χ2n) is 11.2. The lowest BCUT2D eigenvalue weighted by molar-refractivity contribution is 0.0990. The number of benzene rings is 3. The molecule has 10 nitrogen and oxygen atoms in total. The first kappa shape index (κ1) is 33.8. The Kier molecular flexibility index (Phi) is 9.64. The number of aryl methyl sites for hydroxylation is 3. The fourth-order valence-electron chi connectivity index (χ4n) is 5.18. The number of hydrogen-bond acceptors (Lipinski definition) is 7. The van der Waals surface area contributed by atoms with E-state index in [-0.39, 0.29) is 17.7 Å². The zero-order chi connectivity index (χ0) is 34.7. The number of halogens is 2. The smallest absolute Gasteiger partial charge is 0.266 e. The van der Waals surface area contributed by atoms with Crippen LogP contribution < -0.4 is 10.3 Å². The maximum atomic E-state index is 15.4. The van der Waals surface area contributed by atoms with Crippen LogP contribution in [0.2, 0.25) is 0 Å². The number of ether oxygens (including phenoxy) is 1. The minimum Gasteiger partial charge on any atom is -0.454 e. The van der Waals surface area contributed by atoms with E-state index in [0.717, 1.165) is 22.2 Å². The van der Waals surface area contributed by atoms with Crippen molar-refractivity contribution in [1.29, 1.82) is 0 Å². The fourth-order valence-corrected chi connectivity index (χ4v) is 5.18. The van der Waals surface area contributed by atoms with E-state index in [0.29, 0.717) is 40.1 Å². The van der Waals surface area contributed by atoms with Crippen LogP contribution in [0, 0.1) is 32.4 Å². The third-order valence-corrected chi connectivity index (χ3v) is 7.30. The number of H-pyrrole nitrogens is 1. The number of rotatable bonds is 7. The van der Waals surface area contributed by atoms with Gasteiger partial charge in [-0.2, -0.15) is 13.5 Å². The Morgan fingerprint density at radius 2 is 1.65 bits per heavy atom. The number of aromatic nitrogens is 4. The first-order valence-corrected chi connectivity index (χ1v) is 16.3. The van der Waals surface area contributed by atoms with Crippen molar-refractivity contribution in [1.82, 2.24) is 19.7 Å². The molecule has 6 rings (SSSR count). The second kappa shape index (κ2) is 13.7. The van der Waals surface area contributed by atoms with E-state index < -0.39 is 33.1 Å². The van der Waals surface area contributed by atoms with Gasteiger partial charge in [0.15, 0.2) is 17.3 Å². The number of fused-ring (bicyclic) bond motifs is 1. The average Bonchev–Trinajstić information content (AvgIpc) is 3.46. The minimum absolute atomic E-state index is 0.000392. The van der Waals surface area contributed by atoms with Crippen LogP contribution in [0.3, 0.4) is 0 Å². The number of carbonyl (C=O) groups is 1. The standard InChI is InChI=1S/C34H26F2N4O3.CH4O3S/c1-19-12-21(3)40(26-9-7-25(35)8-10-26)34(42)33(19)30(41)14-22-5-11-31(28(36)13-22)43-32-15-24-18-38-39-29(24)16-27(32)23-6-4-20(2)37-17-23;1-5(2,3)4/h4-13,15-18H,14H2,1-3H3,(H,38,39);1H3,(H,2,3,4). The number of hydrogen-bond donors (Lipinski definition) is 2. The highest BCUT2D eigenvalue weighted by molar-refractivity contribution is 7.85. The highest BCUT2D eigenvalue weighted by Gasteiger charge is 2.20. The Morgan fingerprint density at radius 3 is 2.29 bits per heavy atom. The van der Waals surface area contributed by atoms with Crippen molar-refractivity contribution in [2.75, 3.05) is 6.26 Å². The van der Waals surface area contributed by atoms with E-state index in [1.165, 1.54) is 41.0 Å². The molecule has 0 radical (unpaired) electrons. The predicted octanol–water partition coefficient (Wildman–Crippen LogP) is 6.70. The first-order chi connectivity index (χ1) is 22.7. The number of Topliss-reactive ketones (excluding diaryl/α,β-unsaturated/α-hetero) is 1. The summed E-state index contributed by atoms with van der Waals surface area (Å²) in [7, 11) is -3.67. The normalized spacial score (nSPS) is 11.2. The van der Waals surface area contributed by atoms with Gasteiger partial charge in [0, 0.05) is 46.2 Å². The van der Waals surface area contributed by atoms with Gasteiger partial charge in [0.1, 0.15) is 11.6 Å². The maximum absolute atomic E-state index is 15.4. The molecular weight excluding hydrogens is 642 g/mol. The molecule has 0 saturated carbocycles. The minimum atomic E-state index is -3.67. The predicted molar refractivity (Wildman–Crippen MR) is 178 cm³/mol. The first-order valence-electron chi connectivity index (χ1n) is 14.5. The Balaban J connectivity index is 0.000000840. The monoisotopic (exact) mass is 672 g/mol. The summed E-state index contributed by atoms with van der Waals surface area (Å²) in [5.41, 5.74) is 4.59. The van der Waals surface area contributed by atoms with Crippen molar-refractivity contribution in [2.45, 2.75) is 27.2 Å². The summed E-state index contributed by atoms with van der Waals surface area (Å²) in [6, 6.07) is 18.9. The van der Waals surface area contributed by atoms with E-state index >= 15 is 4.39 Å². The zero-order valence-electron chi connectivity index (χ0n) is 26.3. The Labute approximate surface area is 274 Å². The molecule has 13 heteroatoms. The molecular formula is C35H30F2N4O6S. The van der Waals surface area contributed by atoms with Crippen LogP contribution in [-0.4, -0.2) is 44.8 Å². The van der Waals surface area contributed by atoms with E-state index in [1.54, 1.807) is 44.4 Å². The molecule has 0 saturated heterocycles. The molecule has 0 spiro atoms. The van der Waals surface area contributed by atoms with Crippen LogP contribution in [0.4, 0.5) is 8.78 Å². The molecule has 0 amide bonds. The summed E-state index contributed by atoms with van der Waals surface area (Å²) in [6.07, 6.45) is 3.90. The molecule has 3 aromatic heterocycles. The molecule has 0 atom stereocenters. The molecule has 3 aromatic carbocycles. The average molecular weight is 673 g/mol. The van der Waals surface area contributed by atoms with E-state index in [2.05, 4.69) is 15.2 Å². The number of carbonyl (C=O) groups excluding carboxylic acids is 1. The third-order valence-electron chi connectivity index (χ3n) is 7.30. The molecule has 6 aromatic rings. The molecule has 0 aliphatic carbocycles. The number of ketones is 1. The van der Waals surface area contributed by atoms with Crippen molar-refractivity contribution in [2.24, 2.45) is 0 Å². The summed E-state index contributed by atoms with van der Waals surface area (Å²) in [5, 5.41) is 7.81. The van der Waals surface area contributed by atoms with Crippen LogP contribution in [-0.2, 0) is 16.5 Å². The largest absolute Gasteiger partial charge is 0.454 e. The quantitative estimate of drug-likeness (QED) is 0.141. The summed E-state index contributed by atoms with van der Waals surface area (Å²) in [6.45, 7) is 5.32. The van der Waals surface area contributed by atoms with E-state index in [1.807, 2.05) is 25.1 Å². The summed E-state index contributed by atoms with van der Waals surface area (Å²) < 4.78 is 62.2. The van der Waals surface area contributed by atoms with Gasteiger partial charge in [-0.25, -0.2) is 8.78 Å². The molecule has 0 fully saturated rings. The topological polar surface area (TPSA) is 144 Å². The molecule has 48 heavy (non-hydrogen) atoms. The molecule has 0 unspecified atom stereocenters. The van der Waals surface area contributed by atoms with Crippen molar-refractivity contribution in [3.63, 3.8) is 0 Å². The second-order valence-corrected chi connectivity index (χ2v) is 12.6. The van der Waals surface area contributed by atoms with Gasteiger partial charge in [-0.3, -0.25) is 28.8 Å². The lowest BCUT2D eigenvalue weighted by atomic mass is 9.99. The van der Waals surface area contributed by atoms with Gasteiger partial charge in [-0.1, -0.05) is 12.1 Å². The van der Waals surface area contributed by atoms with Gasteiger partial charge in [-0.05, 0) is 92.6 Å². The Morgan fingerprint density at radius 1 is 0.938 bits per heavy atom.